The summed E-state index contributed by atoms with van der Waals surface area (Å²) >= 11 is 0. The average Bonchev–Trinajstić information content (AvgIpc) is 2.64. The van der Waals surface area contributed by atoms with Crippen LogP contribution >= 0.6 is 24.0 Å². The smallest absolute Gasteiger partial charge is 0.191 e. The standard InChI is InChI=1S/C21H42N4O3S.HI/c1-6-22-20(23-16-17-8-7-14-28-19(17)21(2,3)4)24-18-9-11-25(12-10-18)13-15-29(5,26)27;/h17-19H,6-16H2,1-5H3,(H2,22,23,24);1H. The van der Waals surface area contributed by atoms with Crippen LogP contribution in [0.1, 0.15) is 53.4 Å². The highest BCUT2D eigenvalue weighted by Gasteiger charge is 2.35. The summed E-state index contributed by atoms with van der Waals surface area (Å²) in [5.41, 5.74) is 0.130. The summed E-state index contributed by atoms with van der Waals surface area (Å²) in [6.07, 6.45) is 5.85. The van der Waals surface area contributed by atoms with E-state index in [9.17, 15) is 8.42 Å². The van der Waals surface area contributed by atoms with Crippen LogP contribution in [0.15, 0.2) is 4.99 Å². The minimum Gasteiger partial charge on any atom is -0.377 e. The van der Waals surface area contributed by atoms with Gasteiger partial charge < -0.3 is 20.3 Å². The summed E-state index contributed by atoms with van der Waals surface area (Å²) in [5, 5.41) is 6.98. The van der Waals surface area contributed by atoms with Gasteiger partial charge in [-0.25, -0.2) is 8.42 Å². The lowest BCUT2D eigenvalue weighted by Crippen LogP contribution is -2.49. The third-order valence-corrected chi connectivity index (χ3v) is 6.76. The van der Waals surface area contributed by atoms with Gasteiger partial charge in [-0.15, -0.1) is 24.0 Å². The van der Waals surface area contributed by atoms with Crippen LogP contribution in [0.2, 0.25) is 0 Å². The van der Waals surface area contributed by atoms with Gasteiger partial charge in [0.1, 0.15) is 9.84 Å². The van der Waals surface area contributed by atoms with Crippen molar-refractivity contribution in [3.05, 3.63) is 0 Å². The largest absolute Gasteiger partial charge is 0.377 e. The van der Waals surface area contributed by atoms with Gasteiger partial charge in [0, 0.05) is 57.5 Å². The zero-order valence-corrected chi connectivity index (χ0v) is 22.6. The number of guanidine groups is 1. The molecule has 7 nitrogen and oxygen atoms in total. The maximum atomic E-state index is 11.4. The number of sulfone groups is 1. The van der Waals surface area contributed by atoms with Gasteiger partial charge in [-0.3, -0.25) is 4.99 Å². The molecule has 2 saturated heterocycles. The highest BCUT2D eigenvalue weighted by molar-refractivity contribution is 14.0. The zero-order chi connectivity index (χ0) is 21.5. The number of nitrogens with zero attached hydrogens (tertiary/aromatic N) is 2. The van der Waals surface area contributed by atoms with E-state index in [2.05, 4.69) is 43.2 Å². The summed E-state index contributed by atoms with van der Waals surface area (Å²) in [7, 11) is -2.89. The van der Waals surface area contributed by atoms with Crippen molar-refractivity contribution in [1.29, 1.82) is 0 Å². The van der Waals surface area contributed by atoms with Crippen molar-refractivity contribution in [3.63, 3.8) is 0 Å². The summed E-state index contributed by atoms with van der Waals surface area (Å²) in [6, 6.07) is 0.378. The van der Waals surface area contributed by atoms with E-state index in [0.717, 1.165) is 58.0 Å². The summed E-state index contributed by atoms with van der Waals surface area (Å²) in [6.45, 7) is 13.8. The van der Waals surface area contributed by atoms with E-state index in [0.29, 0.717) is 18.5 Å². The summed E-state index contributed by atoms with van der Waals surface area (Å²) in [5.74, 6) is 1.59. The van der Waals surface area contributed by atoms with Gasteiger partial charge >= 0.3 is 0 Å². The maximum Gasteiger partial charge on any atom is 0.191 e. The van der Waals surface area contributed by atoms with E-state index in [1.54, 1.807) is 0 Å². The lowest BCUT2D eigenvalue weighted by molar-refractivity contribution is -0.0823. The Kier molecular flexibility index (Phi) is 11.9. The monoisotopic (exact) mass is 558 g/mol. The summed E-state index contributed by atoms with van der Waals surface area (Å²) < 4.78 is 28.8. The fourth-order valence-corrected chi connectivity index (χ4v) is 4.89. The molecular weight excluding hydrogens is 515 g/mol. The number of likely N-dealkylation sites (tertiary alicyclic amines) is 1. The highest BCUT2D eigenvalue weighted by Crippen LogP contribution is 2.34. The Balaban J connectivity index is 0.00000450. The van der Waals surface area contributed by atoms with Crippen LogP contribution < -0.4 is 10.6 Å². The zero-order valence-electron chi connectivity index (χ0n) is 19.4. The van der Waals surface area contributed by atoms with Crippen LogP contribution in [0.3, 0.4) is 0 Å². The Hall–Kier alpha value is -0.130. The maximum absolute atomic E-state index is 11.4. The first-order valence-corrected chi connectivity index (χ1v) is 13.2. The van der Waals surface area contributed by atoms with Crippen LogP contribution in [0.4, 0.5) is 0 Å². The number of halogens is 1. The first-order valence-electron chi connectivity index (χ1n) is 11.1. The van der Waals surface area contributed by atoms with Gasteiger partial charge in [-0.05, 0) is 38.0 Å². The highest BCUT2D eigenvalue weighted by atomic mass is 127. The SMILES string of the molecule is CCNC(=NCC1CCCOC1C(C)(C)C)NC1CCN(CCS(C)(=O)=O)CC1.I. The molecule has 9 heteroatoms. The number of aliphatic imine (C=N–C) groups is 1. The second-order valence-electron chi connectivity index (χ2n) is 9.67. The van der Waals surface area contributed by atoms with Crippen molar-refractivity contribution in [2.75, 3.05) is 51.3 Å². The Morgan fingerprint density at radius 3 is 2.43 bits per heavy atom. The molecule has 178 valence electrons. The van der Waals surface area contributed by atoms with Crippen molar-refractivity contribution in [2.45, 2.75) is 65.5 Å². The molecule has 0 aromatic rings. The lowest BCUT2D eigenvalue weighted by Gasteiger charge is -2.39. The van der Waals surface area contributed by atoms with Gasteiger partial charge in [0.2, 0.25) is 0 Å². The molecule has 2 aliphatic rings. The van der Waals surface area contributed by atoms with Gasteiger partial charge in [0.15, 0.2) is 5.96 Å². The molecule has 0 spiro atoms. The predicted molar refractivity (Wildman–Crippen MR) is 136 cm³/mol. The molecule has 0 amide bonds. The van der Waals surface area contributed by atoms with Crippen LogP contribution in [-0.4, -0.2) is 82.8 Å². The molecule has 2 fully saturated rings. The van der Waals surface area contributed by atoms with Gasteiger partial charge in [-0.2, -0.15) is 0 Å². The molecule has 0 bridgehead atoms. The molecule has 2 atom stereocenters. The van der Waals surface area contributed by atoms with E-state index in [4.69, 9.17) is 9.73 Å². The van der Waals surface area contributed by atoms with Crippen molar-refractivity contribution in [1.82, 2.24) is 15.5 Å². The minimum atomic E-state index is -2.89. The molecule has 2 unspecified atom stereocenters. The van der Waals surface area contributed by atoms with E-state index < -0.39 is 9.84 Å². The number of hydrogen-bond donors (Lipinski definition) is 2. The van der Waals surface area contributed by atoms with Gasteiger partial charge in [-0.1, -0.05) is 20.8 Å². The van der Waals surface area contributed by atoms with E-state index in [-0.39, 0.29) is 41.2 Å². The van der Waals surface area contributed by atoms with Crippen molar-refractivity contribution < 1.29 is 13.2 Å². The molecule has 0 radical (unpaired) electrons. The third kappa shape index (κ3) is 9.99. The van der Waals surface area contributed by atoms with Crippen LogP contribution in [0.25, 0.3) is 0 Å². The third-order valence-electron chi connectivity index (χ3n) is 5.83. The molecule has 2 N–H and O–H groups in total. The molecule has 0 aromatic heterocycles. The van der Waals surface area contributed by atoms with Gasteiger partial charge in [0.25, 0.3) is 0 Å². The number of rotatable bonds is 7. The van der Waals surface area contributed by atoms with E-state index in [1.807, 2.05) is 0 Å². The molecule has 0 aliphatic carbocycles. The Bertz CT molecular complexity index is 629. The number of nitrogens with one attached hydrogen (secondary N) is 2. The molecule has 0 saturated carbocycles. The lowest BCUT2D eigenvalue weighted by atomic mass is 9.78. The minimum absolute atomic E-state index is 0. The average molecular weight is 559 g/mol. The Morgan fingerprint density at radius 1 is 1.20 bits per heavy atom. The second-order valence-corrected chi connectivity index (χ2v) is 11.9. The molecular formula is C21H43IN4O3S. The second kappa shape index (κ2) is 12.8. The van der Waals surface area contributed by atoms with Crippen molar-refractivity contribution >= 4 is 39.8 Å². The molecule has 0 aromatic carbocycles. The molecule has 30 heavy (non-hydrogen) atoms. The molecule has 2 heterocycles. The van der Waals surface area contributed by atoms with Crippen molar-refractivity contribution in [3.8, 4) is 0 Å². The topological polar surface area (TPSA) is 83.0 Å². The number of piperidine rings is 1. The fourth-order valence-electron chi connectivity index (χ4n) is 4.31. The predicted octanol–water partition coefficient (Wildman–Crippen LogP) is 2.51. The van der Waals surface area contributed by atoms with Crippen LogP contribution in [0.5, 0.6) is 0 Å². The van der Waals surface area contributed by atoms with E-state index >= 15 is 0 Å². The fraction of sp³-hybridized carbons (Fsp3) is 0.952. The van der Waals surface area contributed by atoms with Crippen LogP contribution in [0, 0.1) is 11.3 Å². The first-order chi connectivity index (χ1) is 13.6. The number of hydrogen-bond acceptors (Lipinski definition) is 5. The molecule has 2 aliphatic heterocycles. The van der Waals surface area contributed by atoms with E-state index in [1.165, 1.54) is 12.7 Å². The molecule has 2 rings (SSSR count). The Labute approximate surface area is 201 Å². The summed E-state index contributed by atoms with van der Waals surface area (Å²) in [4.78, 5) is 7.15. The number of ether oxygens (including phenoxy) is 1. The van der Waals surface area contributed by atoms with Crippen LogP contribution in [-0.2, 0) is 14.6 Å². The normalized spacial score (nSPS) is 24.9. The first kappa shape index (κ1) is 27.9. The van der Waals surface area contributed by atoms with Crippen molar-refractivity contribution in [2.24, 2.45) is 16.3 Å². The Morgan fingerprint density at radius 2 is 1.87 bits per heavy atom. The van der Waals surface area contributed by atoms with Gasteiger partial charge in [0.05, 0.1) is 11.9 Å². The quantitative estimate of drug-likeness (QED) is 0.284.